The van der Waals surface area contributed by atoms with Crippen molar-refractivity contribution in [3.8, 4) is 0 Å². The fourth-order valence-corrected chi connectivity index (χ4v) is 4.70. The molecule has 2 aromatic rings. The largest absolute Gasteiger partial charge is 0.298 e. The second kappa shape index (κ2) is 9.47. The van der Waals surface area contributed by atoms with Gasteiger partial charge in [-0.15, -0.1) is 5.10 Å². The van der Waals surface area contributed by atoms with Crippen LogP contribution in [-0.4, -0.2) is 21.8 Å². The number of nitrogens with zero attached hydrogens (tertiary/aromatic N) is 3. The van der Waals surface area contributed by atoms with Crippen LogP contribution in [0, 0.1) is 6.92 Å². The molecule has 6 heteroatoms. The van der Waals surface area contributed by atoms with E-state index >= 15 is 0 Å². The summed E-state index contributed by atoms with van der Waals surface area (Å²) in [5, 5.41) is 12.0. The molecule has 0 fully saturated rings. The molecule has 2 aromatic carbocycles. The van der Waals surface area contributed by atoms with Crippen molar-refractivity contribution in [1.82, 2.24) is 10.3 Å². The zero-order chi connectivity index (χ0) is 20.9. The summed E-state index contributed by atoms with van der Waals surface area (Å²) in [7, 11) is 0. The first-order valence-corrected chi connectivity index (χ1v) is 11.7. The molecule has 0 spiro atoms. The lowest BCUT2D eigenvalue weighted by Gasteiger charge is -2.34. The number of hydrogen-bond acceptors (Lipinski definition) is 5. The summed E-state index contributed by atoms with van der Waals surface area (Å²) in [6.07, 6.45) is 5.80. The minimum Gasteiger partial charge on any atom is -0.298 e. The highest BCUT2D eigenvalue weighted by Crippen LogP contribution is 2.32. The fraction of sp³-hybridized carbons (Fsp3) is 0.375. The van der Waals surface area contributed by atoms with Crippen molar-refractivity contribution >= 4 is 28.5 Å². The molecule has 1 N–H and O–H groups in total. The van der Waals surface area contributed by atoms with Crippen LogP contribution in [0.1, 0.15) is 56.3 Å². The summed E-state index contributed by atoms with van der Waals surface area (Å²) in [6.45, 7) is 4.30. The number of aryl methyl sites for hydroxylation is 1. The van der Waals surface area contributed by atoms with Crippen LogP contribution in [-0.2, 0) is 4.79 Å². The van der Waals surface area contributed by atoms with E-state index in [4.69, 9.17) is 10.1 Å². The van der Waals surface area contributed by atoms with Gasteiger partial charge in [0.05, 0.1) is 5.36 Å². The van der Waals surface area contributed by atoms with Crippen molar-refractivity contribution in [2.45, 2.75) is 52.1 Å². The summed E-state index contributed by atoms with van der Waals surface area (Å²) in [6, 6.07) is 16.0. The predicted octanol–water partition coefficient (Wildman–Crippen LogP) is 3.84. The van der Waals surface area contributed by atoms with Gasteiger partial charge in [-0.05, 0) is 25.0 Å². The number of fused-ring (bicyclic) bond motifs is 2. The Bertz CT molecular complexity index is 1080. The van der Waals surface area contributed by atoms with Crippen LogP contribution in [0.2, 0.25) is 0 Å². The van der Waals surface area contributed by atoms with E-state index in [0.29, 0.717) is 10.9 Å². The summed E-state index contributed by atoms with van der Waals surface area (Å²) in [4.78, 5) is 18.1. The van der Waals surface area contributed by atoms with Crippen molar-refractivity contribution in [1.29, 1.82) is 0 Å². The fourth-order valence-electron chi connectivity index (χ4n) is 3.85. The molecule has 30 heavy (non-hydrogen) atoms. The van der Waals surface area contributed by atoms with E-state index in [1.54, 1.807) is 11.8 Å². The predicted molar refractivity (Wildman–Crippen MR) is 123 cm³/mol. The van der Waals surface area contributed by atoms with Crippen LogP contribution in [0.3, 0.4) is 0 Å². The summed E-state index contributed by atoms with van der Waals surface area (Å²) in [5.41, 5.74) is 2.77. The van der Waals surface area contributed by atoms with Gasteiger partial charge in [0, 0.05) is 16.5 Å². The number of thioether (sulfide) groups is 1. The van der Waals surface area contributed by atoms with E-state index in [2.05, 4.69) is 31.3 Å². The minimum absolute atomic E-state index is 0.112. The highest BCUT2D eigenvalue weighted by atomic mass is 32.2. The number of hydrazone groups is 1. The lowest BCUT2D eigenvalue weighted by molar-refractivity contribution is -0.116. The standard InChI is InChI=1S/C24H28N4OS/c1-3-4-5-6-11-16-30-24-26-23(29)21-19-14-9-10-15-20(19)25-22(28(21)27-24)18-13-8-7-12-17(18)2/h7-10,12-15,22H,3-6,11,16H2,1-2H3,(H,26,27,29)/t22-/m0/s1. The second-order valence-corrected chi connectivity index (χ2v) is 8.78. The lowest BCUT2D eigenvalue weighted by atomic mass is 10.0. The van der Waals surface area contributed by atoms with Crippen molar-refractivity contribution in [2.24, 2.45) is 10.1 Å². The molecule has 4 rings (SSSR count). The van der Waals surface area contributed by atoms with E-state index in [9.17, 15) is 4.79 Å². The number of amides is 1. The van der Waals surface area contributed by atoms with Crippen molar-refractivity contribution in [3.05, 3.63) is 70.2 Å². The Morgan fingerprint density at radius 1 is 1.03 bits per heavy atom. The van der Waals surface area contributed by atoms with E-state index in [0.717, 1.165) is 33.9 Å². The second-order valence-electron chi connectivity index (χ2n) is 7.69. The number of hydrogen-bond donors (Lipinski definition) is 1. The maximum atomic E-state index is 13.1. The molecule has 0 aromatic heterocycles. The number of unbranched alkanes of at least 4 members (excludes halogenated alkanes) is 4. The summed E-state index contributed by atoms with van der Waals surface area (Å²) >= 11 is 1.62. The minimum atomic E-state index is -0.345. The van der Waals surface area contributed by atoms with Crippen molar-refractivity contribution in [3.63, 3.8) is 0 Å². The Morgan fingerprint density at radius 3 is 2.63 bits per heavy atom. The zero-order valence-corrected chi connectivity index (χ0v) is 18.4. The van der Waals surface area contributed by atoms with Gasteiger partial charge in [0.15, 0.2) is 11.3 Å². The van der Waals surface area contributed by atoms with Crippen LogP contribution in [0.4, 0.5) is 0 Å². The van der Waals surface area contributed by atoms with Gasteiger partial charge in [-0.2, -0.15) is 0 Å². The lowest BCUT2D eigenvalue weighted by Crippen LogP contribution is -2.50. The van der Waals surface area contributed by atoms with Gasteiger partial charge in [-0.1, -0.05) is 86.8 Å². The van der Waals surface area contributed by atoms with Gasteiger partial charge in [0.25, 0.3) is 5.91 Å². The molecule has 2 heterocycles. The first kappa shape index (κ1) is 20.7. The molecule has 1 amide bonds. The van der Waals surface area contributed by atoms with E-state index in [1.165, 1.54) is 25.7 Å². The number of nitrogens with one attached hydrogen (secondary N) is 1. The average molecular weight is 421 g/mol. The molecule has 0 bridgehead atoms. The first-order chi connectivity index (χ1) is 14.7. The summed E-state index contributed by atoms with van der Waals surface area (Å²) in [5.74, 6) is 0.841. The molecule has 0 radical (unpaired) electrons. The Kier molecular flexibility index (Phi) is 6.53. The van der Waals surface area contributed by atoms with Crippen LogP contribution < -0.4 is 15.9 Å². The molecule has 2 aliphatic heterocycles. The van der Waals surface area contributed by atoms with Crippen LogP contribution in [0.5, 0.6) is 0 Å². The van der Waals surface area contributed by atoms with Gasteiger partial charge in [-0.3, -0.25) is 15.1 Å². The van der Waals surface area contributed by atoms with Crippen LogP contribution >= 0.6 is 11.8 Å². The average Bonchev–Trinajstić information content (AvgIpc) is 2.76. The molecule has 2 aliphatic rings. The number of para-hydroxylation sites is 1. The highest BCUT2D eigenvalue weighted by molar-refractivity contribution is 8.13. The van der Waals surface area contributed by atoms with Gasteiger partial charge in [0.2, 0.25) is 0 Å². The monoisotopic (exact) mass is 420 g/mol. The molecule has 5 nitrogen and oxygen atoms in total. The normalized spacial score (nSPS) is 17.6. The quantitative estimate of drug-likeness (QED) is 0.693. The Labute approximate surface area is 182 Å². The Hall–Kier alpha value is -2.60. The maximum Gasteiger partial charge on any atom is 0.276 e. The van der Waals surface area contributed by atoms with E-state index < -0.39 is 0 Å². The van der Waals surface area contributed by atoms with Gasteiger partial charge < -0.3 is 0 Å². The zero-order valence-electron chi connectivity index (χ0n) is 17.6. The number of benzene rings is 2. The van der Waals surface area contributed by atoms with Crippen molar-refractivity contribution in [2.75, 3.05) is 5.75 Å². The van der Waals surface area contributed by atoms with Gasteiger partial charge in [-0.25, -0.2) is 5.01 Å². The number of carbonyl (C=O) groups excluding carboxylic acids is 1. The molecule has 156 valence electrons. The third kappa shape index (κ3) is 4.29. The summed E-state index contributed by atoms with van der Waals surface area (Å²) < 4.78 is 0. The molecule has 0 aliphatic carbocycles. The molecule has 0 saturated heterocycles. The number of amidine groups is 1. The van der Waals surface area contributed by atoms with E-state index in [-0.39, 0.29) is 12.1 Å². The van der Waals surface area contributed by atoms with Crippen LogP contribution in [0.25, 0.3) is 5.70 Å². The van der Waals surface area contributed by atoms with Crippen molar-refractivity contribution < 1.29 is 4.79 Å². The third-order valence-corrected chi connectivity index (χ3v) is 6.42. The molecular weight excluding hydrogens is 392 g/mol. The number of rotatable bonds is 7. The Balaban J connectivity index is 1.66. The smallest absolute Gasteiger partial charge is 0.276 e. The van der Waals surface area contributed by atoms with E-state index in [1.807, 2.05) is 41.4 Å². The third-order valence-electron chi connectivity index (χ3n) is 5.47. The topological polar surface area (TPSA) is 57.1 Å². The first-order valence-electron chi connectivity index (χ1n) is 10.7. The Morgan fingerprint density at radius 2 is 1.80 bits per heavy atom. The van der Waals surface area contributed by atoms with Gasteiger partial charge >= 0.3 is 0 Å². The molecule has 0 saturated carbocycles. The van der Waals surface area contributed by atoms with Crippen LogP contribution in [0.15, 0.2) is 58.6 Å². The molecule has 1 atom stereocenters. The number of carbonyl (C=O) groups is 1. The molecule has 0 unspecified atom stereocenters. The SMILES string of the molecule is CCCCCCCSC1=NN2C(=c3ccccc3=N[C@@H]2c2ccccc2C)C(=O)N1. The highest BCUT2D eigenvalue weighted by Gasteiger charge is 2.34. The maximum absolute atomic E-state index is 13.1. The van der Waals surface area contributed by atoms with Gasteiger partial charge in [0.1, 0.15) is 5.70 Å². The molecular formula is C24H28N4OS.